The second kappa shape index (κ2) is 10.1. The van der Waals surface area contributed by atoms with Gasteiger partial charge in [-0.05, 0) is 67.6 Å². The molecule has 2 aromatic carbocycles. The maximum Gasteiger partial charge on any atom is 0.287 e. The van der Waals surface area contributed by atoms with Gasteiger partial charge in [-0.1, -0.05) is 24.3 Å². The summed E-state index contributed by atoms with van der Waals surface area (Å²) >= 11 is 0. The lowest BCUT2D eigenvalue weighted by Gasteiger charge is -2.18. The summed E-state index contributed by atoms with van der Waals surface area (Å²) in [5.74, 6) is 0.829. The predicted molar refractivity (Wildman–Crippen MR) is 124 cm³/mol. The van der Waals surface area contributed by atoms with Crippen LogP contribution in [0.3, 0.4) is 0 Å². The van der Waals surface area contributed by atoms with Crippen molar-refractivity contribution >= 4 is 16.8 Å². The van der Waals surface area contributed by atoms with Crippen molar-refractivity contribution in [3.63, 3.8) is 0 Å². The molecule has 6 nitrogen and oxygen atoms in total. The van der Waals surface area contributed by atoms with Crippen LogP contribution in [0.5, 0.6) is 5.75 Å². The Kier molecular flexibility index (Phi) is 6.82. The van der Waals surface area contributed by atoms with Gasteiger partial charge in [0.05, 0.1) is 18.3 Å². The van der Waals surface area contributed by atoms with E-state index in [-0.39, 0.29) is 12.0 Å². The Hall–Kier alpha value is -3.64. The van der Waals surface area contributed by atoms with Gasteiger partial charge in [-0.25, -0.2) is 0 Å². The Morgan fingerprint density at radius 1 is 1.06 bits per heavy atom. The number of hydrogen-bond acceptors (Lipinski definition) is 5. The van der Waals surface area contributed by atoms with Crippen molar-refractivity contribution in [1.29, 1.82) is 0 Å². The first-order chi connectivity index (χ1) is 15.6. The summed E-state index contributed by atoms with van der Waals surface area (Å²) in [5, 5.41) is 3.97. The Morgan fingerprint density at radius 2 is 1.84 bits per heavy atom. The van der Waals surface area contributed by atoms with Crippen molar-refractivity contribution in [1.82, 2.24) is 15.2 Å². The predicted octanol–water partition coefficient (Wildman–Crippen LogP) is 4.66. The van der Waals surface area contributed by atoms with Crippen LogP contribution < -0.4 is 10.1 Å². The van der Waals surface area contributed by atoms with Crippen molar-refractivity contribution in [2.45, 2.75) is 26.1 Å². The molecule has 0 saturated carbocycles. The fourth-order valence-corrected chi connectivity index (χ4v) is 3.58. The van der Waals surface area contributed by atoms with Gasteiger partial charge in [0, 0.05) is 24.7 Å². The lowest BCUT2D eigenvalue weighted by Crippen LogP contribution is -2.33. The van der Waals surface area contributed by atoms with Gasteiger partial charge in [0.2, 0.25) is 0 Å². The van der Waals surface area contributed by atoms with Gasteiger partial charge in [-0.3, -0.25) is 14.7 Å². The molecule has 32 heavy (non-hydrogen) atoms. The highest BCUT2D eigenvalue weighted by atomic mass is 16.5. The molecule has 0 aliphatic carbocycles. The average Bonchev–Trinajstić information content (AvgIpc) is 3.34. The summed E-state index contributed by atoms with van der Waals surface area (Å²) < 4.78 is 11.0. The van der Waals surface area contributed by atoms with Gasteiger partial charge >= 0.3 is 0 Å². The summed E-state index contributed by atoms with van der Waals surface area (Å²) in [6.07, 6.45) is 3.14. The topological polar surface area (TPSA) is 67.6 Å². The summed E-state index contributed by atoms with van der Waals surface area (Å²) in [6, 6.07) is 21.9. The number of nitrogens with zero attached hydrogens (tertiary/aromatic N) is 2. The molecule has 0 saturated heterocycles. The second-order valence-corrected chi connectivity index (χ2v) is 7.96. The average molecular weight is 430 g/mol. The standard InChI is InChI=1S/C26H27N3O3/c1-19(16-28-26(30)25-6-4-14-31-25)32-23-10-7-20(8-11-23)17-29(2)18-21-9-12-24-22(15-21)5-3-13-27-24/h3-15,19H,16-18H2,1-2H3,(H,28,30). The summed E-state index contributed by atoms with van der Waals surface area (Å²) in [7, 11) is 2.11. The minimum Gasteiger partial charge on any atom is -0.489 e. The Bertz CT molecular complexity index is 1160. The summed E-state index contributed by atoms with van der Waals surface area (Å²) in [6.45, 7) is 4.00. The van der Waals surface area contributed by atoms with Crippen LogP contribution in [0.15, 0.2) is 83.6 Å². The number of furan rings is 1. The first kappa shape index (κ1) is 21.6. The van der Waals surface area contributed by atoms with Crippen molar-refractivity contribution in [3.8, 4) is 5.75 Å². The number of ether oxygens (including phenoxy) is 1. The molecule has 1 atom stereocenters. The molecule has 1 unspecified atom stereocenters. The first-order valence-electron chi connectivity index (χ1n) is 10.7. The molecular weight excluding hydrogens is 402 g/mol. The van der Waals surface area contributed by atoms with E-state index in [0.717, 1.165) is 29.7 Å². The zero-order chi connectivity index (χ0) is 22.3. The van der Waals surface area contributed by atoms with Crippen LogP contribution >= 0.6 is 0 Å². The van der Waals surface area contributed by atoms with E-state index >= 15 is 0 Å². The number of benzene rings is 2. The molecule has 4 rings (SSSR count). The van der Waals surface area contributed by atoms with E-state index in [1.165, 1.54) is 17.4 Å². The zero-order valence-corrected chi connectivity index (χ0v) is 18.3. The molecule has 6 heteroatoms. The highest BCUT2D eigenvalue weighted by Crippen LogP contribution is 2.18. The molecule has 2 aromatic heterocycles. The van der Waals surface area contributed by atoms with E-state index in [9.17, 15) is 4.79 Å². The van der Waals surface area contributed by atoms with Crippen LogP contribution in [0.4, 0.5) is 0 Å². The third-order valence-corrected chi connectivity index (χ3v) is 5.13. The normalized spacial score (nSPS) is 12.1. The number of carbonyl (C=O) groups is 1. The molecule has 164 valence electrons. The molecule has 0 bridgehead atoms. The lowest BCUT2D eigenvalue weighted by molar-refractivity contribution is 0.0904. The molecule has 0 aliphatic rings. The highest BCUT2D eigenvalue weighted by Gasteiger charge is 2.11. The Balaban J connectivity index is 1.25. The monoisotopic (exact) mass is 429 g/mol. The molecule has 0 spiro atoms. The minimum atomic E-state index is -0.244. The SMILES string of the molecule is CC(CNC(=O)c1ccco1)Oc1ccc(CN(C)Cc2ccc3ncccc3c2)cc1. The van der Waals surface area contributed by atoms with Crippen LogP contribution in [-0.2, 0) is 13.1 Å². The largest absolute Gasteiger partial charge is 0.489 e. The number of pyridine rings is 1. The highest BCUT2D eigenvalue weighted by molar-refractivity contribution is 5.91. The van der Waals surface area contributed by atoms with Crippen LogP contribution in [0.25, 0.3) is 10.9 Å². The summed E-state index contributed by atoms with van der Waals surface area (Å²) in [4.78, 5) is 18.6. The fraction of sp³-hybridized carbons (Fsp3) is 0.231. The lowest BCUT2D eigenvalue weighted by atomic mass is 10.1. The van der Waals surface area contributed by atoms with Gasteiger partial charge < -0.3 is 14.5 Å². The van der Waals surface area contributed by atoms with Gasteiger partial charge in [0.15, 0.2) is 5.76 Å². The Morgan fingerprint density at radius 3 is 2.62 bits per heavy atom. The molecule has 2 heterocycles. The molecule has 0 fully saturated rings. The van der Waals surface area contributed by atoms with E-state index in [2.05, 4.69) is 58.6 Å². The maximum absolute atomic E-state index is 11.9. The van der Waals surface area contributed by atoms with Crippen molar-refractivity contribution in [3.05, 3.63) is 96.1 Å². The first-order valence-corrected chi connectivity index (χ1v) is 10.7. The molecule has 1 N–H and O–H groups in total. The van der Waals surface area contributed by atoms with Crippen LogP contribution in [0, 0.1) is 0 Å². The maximum atomic E-state index is 11.9. The van der Waals surface area contributed by atoms with Crippen LogP contribution in [0.1, 0.15) is 28.6 Å². The fourth-order valence-electron chi connectivity index (χ4n) is 3.58. The van der Waals surface area contributed by atoms with Crippen molar-refractivity contribution in [2.24, 2.45) is 0 Å². The third kappa shape index (κ3) is 5.74. The van der Waals surface area contributed by atoms with E-state index in [4.69, 9.17) is 9.15 Å². The van der Waals surface area contributed by atoms with Crippen LogP contribution in [0.2, 0.25) is 0 Å². The number of carbonyl (C=O) groups excluding carboxylic acids is 1. The molecule has 0 aliphatic heterocycles. The van der Waals surface area contributed by atoms with E-state index < -0.39 is 0 Å². The molecular formula is C26H27N3O3. The molecule has 0 radical (unpaired) electrons. The number of amides is 1. The summed E-state index contributed by atoms with van der Waals surface area (Å²) in [5.41, 5.74) is 3.49. The van der Waals surface area contributed by atoms with E-state index in [1.807, 2.05) is 31.3 Å². The van der Waals surface area contributed by atoms with E-state index in [1.54, 1.807) is 12.1 Å². The van der Waals surface area contributed by atoms with Gasteiger partial charge in [0.1, 0.15) is 11.9 Å². The molecule has 1 amide bonds. The number of fused-ring (bicyclic) bond motifs is 1. The van der Waals surface area contributed by atoms with Crippen LogP contribution in [-0.4, -0.2) is 35.5 Å². The number of aromatic nitrogens is 1. The third-order valence-electron chi connectivity index (χ3n) is 5.13. The minimum absolute atomic E-state index is 0.162. The van der Waals surface area contributed by atoms with Gasteiger partial charge in [-0.15, -0.1) is 0 Å². The van der Waals surface area contributed by atoms with Crippen molar-refractivity contribution < 1.29 is 13.9 Å². The van der Waals surface area contributed by atoms with E-state index in [0.29, 0.717) is 12.3 Å². The smallest absolute Gasteiger partial charge is 0.287 e. The van der Waals surface area contributed by atoms with Gasteiger partial charge in [-0.2, -0.15) is 0 Å². The second-order valence-electron chi connectivity index (χ2n) is 7.96. The van der Waals surface area contributed by atoms with Crippen molar-refractivity contribution in [2.75, 3.05) is 13.6 Å². The number of nitrogens with one attached hydrogen (secondary N) is 1. The number of hydrogen-bond donors (Lipinski definition) is 1. The Labute approximate surface area is 187 Å². The zero-order valence-electron chi connectivity index (χ0n) is 18.3. The van der Waals surface area contributed by atoms with Gasteiger partial charge in [0.25, 0.3) is 5.91 Å². The number of rotatable bonds is 9. The quantitative estimate of drug-likeness (QED) is 0.419. The molecule has 4 aromatic rings.